The molecule has 1 N–H and O–H groups in total. The highest BCUT2D eigenvalue weighted by Gasteiger charge is 1.93. The molecule has 0 unspecified atom stereocenters. The first-order valence-electron chi connectivity index (χ1n) is 8.19. The van der Waals surface area contributed by atoms with Gasteiger partial charge in [0.2, 0.25) is 5.91 Å². The highest BCUT2D eigenvalue weighted by atomic mass is 16.1. The van der Waals surface area contributed by atoms with Crippen molar-refractivity contribution < 1.29 is 4.79 Å². The Labute approximate surface area is 120 Å². The van der Waals surface area contributed by atoms with E-state index >= 15 is 0 Å². The van der Waals surface area contributed by atoms with Gasteiger partial charge in [-0.25, -0.2) is 0 Å². The summed E-state index contributed by atoms with van der Waals surface area (Å²) in [6, 6.07) is 0. The van der Waals surface area contributed by atoms with Crippen LogP contribution in [0.1, 0.15) is 84.0 Å². The molecule has 0 aromatic heterocycles. The topological polar surface area (TPSA) is 29.1 Å². The Kier molecular flexibility index (Phi) is 14.6. The Bertz CT molecular complexity index is 223. The van der Waals surface area contributed by atoms with E-state index in [1.54, 1.807) is 13.1 Å². The summed E-state index contributed by atoms with van der Waals surface area (Å²) >= 11 is 0. The molecule has 0 fully saturated rings. The zero-order chi connectivity index (χ0) is 14.2. The molecule has 0 spiro atoms. The van der Waals surface area contributed by atoms with Crippen LogP contribution in [0.15, 0.2) is 12.2 Å². The van der Waals surface area contributed by atoms with Crippen LogP contribution in [0.4, 0.5) is 0 Å². The lowest BCUT2D eigenvalue weighted by Gasteiger charge is -2.01. The maximum absolute atomic E-state index is 10.9. The van der Waals surface area contributed by atoms with Crippen LogP contribution in [0.5, 0.6) is 0 Å². The average Bonchev–Trinajstić information content (AvgIpc) is 2.43. The first-order chi connectivity index (χ1) is 9.31. The van der Waals surface area contributed by atoms with Gasteiger partial charge in [-0.05, 0) is 18.9 Å². The third kappa shape index (κ3) is 15.2. The van der Waals surface area contributed by atoms with Gasteiger partial charge in [0.05, 0.1) is 0 Å². The minimum Gasteiger partial charge on any atom is -0.356 e. The number of unbranched alkanes of at least 4 members (excludes halogenated alkanes) is 11. The maximum atomic E-state index is 10.9. The highest BCUT2D eigenvalue weighted by molar-refractivity contribution is 5.87. The first kappa shape index (κ1) is 18.2. The largest absolute Gasteiger partial charge is 0.356 e. The van der Waals surface area contributed by atoms with E-state index in [4.69, 9.17) is 0 Å². The Hall–Kier alpha value is -0.790. The maximum Gasteiger partial charge on any atom is 0.243 e. The Balaban J connectivity index is 3.07. The number of carbonyl (C=O) groups excluding carboxylic acids is 1. The van der Waals surface area contributed by atoms with Gasteiger partial charge in [-0.2, -0.15) is 0 Å². The standard InChI is InChI=1S/C17H33NO/c1-3-4-5-6-7-8-9-10-11-12-13-14-15-16-17(19)18-2/h15-16H,3-14H2,1-2H3,(H,18,19). The number of carbonyl (C=O) groups is 1. The van der Waals surface area contributed by atoms with Crippen LogP contribution in [0.2, 0.25) is 0 Å². The zero-order valence-corrected chi connectivity index (χ0v) is 13.0. The Morgan fingerprint density at radius 3 is 1.79 bits per heavy atom. The van der Waals surface area contributed by atoms with Gasteiger partial charge < -0.3 is 5.32 Å². The number of hydrogen-bond donors (Lipinski definition) is 1. The average molecular weight is 267 g/mol. The molecule has 112 valence electrons. The monoisotopic (exact) mass is 267 g/mol. The van der Waals surface area contributed by atoms with Gasteiger partial charge in [0.25, 0.3) is 0 Å². The smallest absolute Gasteiger partial charge is 0.243 e. The highest BCUT2D eigenvalue weighted by Crippen LogP contribution is 2.11. The van der Waals surface area contributed by atoms with Gasteiger partial charge in [-0.15, -0.1) is 0 Å². The second kappa shape index (κ2) is 15.3. The predicted octanol–water partition coefficient (Wildman–Crippen LogP) is 4.99. The van der Waals surface area contributed by atoms with E-state index in [0.717, 1.165) is 6.42 Å². The van der Waals surface area contributed by atoms with E-state index in [2.05, 4.69) is 12.2 Å². The molecule has 0 aliphatic carbocycles. The quantitative estimate of drug-likeness (QED) is 0.369. The summed E-state index contributed by atoms with van der Waals surface area (Å²) < 4.78 is 0. The molecule has 0 aromatic rings. The van der Waals surface area contributed by atoms with Gasteiger partial charge in [-0.3, -0.25) is 4.79 Å². The predicted molar refractivity (Wildman–Crippen MR) is 84.3 cm³/mol. The van der Waals surface area contributed by atoms with Crippen molar-refractivity contribution in [3.8, 4) is 0 Å². The van der Waals surface area contributed by atoms with Crippen LogP contribution in [0.25, 0.3) is 0 Å². The van der Waals surface area contributed by atoms with Crippen LogP contribution in [0, 0.1) is 0 Å². The van der Waals surface area contributed by atoms with Crippen molar-refractivity contribution in [3.05, 3.63) is 12.2 Å². The summed E-state index contributed by atoms with van der Waals surface area (Å²) in [5.74, 6) is 0.00285. The summed E-state index contributed by atoms with van der Waals surface area (Å²) in [6.07, 6.45) is 19.7. The third-order valence-corrected chi connectivity index (χ3v) is 3.49. The summed E-state index contributed by atoms with van der Waals surface area (Å²) in [6.45, 7) is 2.27. The van der Waals surface area contributed by atoms with Crippen molar-refractivity contribution in [3.63, 3.8) is 0 Å². The lowest BCUT2D eigenvalue weighted by atomic mass is 10.1. The van der Waals surface area contributed by atoms with Gasteiger partial charge >= 0.3 is 0 Å². The van der Waals surface area contributed by atoms with Gasteiger partial charge in [0.1, 0.15) is 0 Å². The number of likely N-dealkylation sites (N-methyl/N-ethyl adjacent to an activating group) is 1. The molecule has 0 heterocycles. The van der Waals surface area contributed by atoms with E-state index in [1.165, 1.54) is 70.6 Å². The lowest BCUT2D eigenvalue weighted by molar-refractivity contribution is -0.116. The second-order valence-corrected chi connectivity index (χ2v) is 5.34. The van der Waals surface area contributed by atoms with Gasteiger partial charge in [-0.1, -0.05) is 77.2 Å². The van der Waals surface area contributed by atoms with Crippen LogP contribution in [-0.2, 0) is 4.79 Å². The molecule has 0 aromatic carbocycles. The molecular formula is C17H33NO. The minimum atomic E-state index is 0.00285. The van der Waals surface area contributed by atoms with Crippen LogP contribution < -0.4 is 5.32 Å². The summed E-state index contributed by atoms with van der Waals surface area (Å²) in [4.78, 5) is 10.9. The molecule has 0 aliphatic rings. The fourth-order valence-electron chi connectivity index (χ4n) is 2.20. The van der Waals surface area contributed by atoms with E-state index in [-0.39, 0.29) is 5.91 Å². The normalized spacial score (nSPS) is 11.1. The first-order valence-corrected chi connectivity index (χ1v) is 8.19. The van der Waals surface area contributed by atoms with Crippen LogP contribution in [0.3, 0.4) is 0 Å². The SMILES string of the molecule is CCCCCCCCCCCCCC=CC(=O)NC. The van der Waals surface area contributed by atoms with Crippen LogP contribution >= 0.6 is 0 Å². The molecule has 2 heteroatoms. The molecule has 0 saturated carbocycles. The molecule has 0 radical (unpaired) electrons. The molecule has 2 nitrogen and oxygen atoms in total. The molecular weight excluding hydrogens is 234 g/mol. The molecule has 1 amide bonds. The number of allylic oxidation sites excluding steroid dienone is 1. The summed E-state index contributed by atoms with van der Waals surface area (Å²) in [5.41, 5.74) is 0. The summed E-state index contributed by atoms with van der Waals surface area (Å²) in [7, 11) is 1.66. The second-order valence-electron chi connectivity index (χ2n) is 5.34. The lowest BCUT2D eigenvalue weighted by Crippen LogP contribution is -2.13. The number of nitrogens with one attached hydrogen (secondary N) is 1. The summed E-state index contributed by atoms with van der Waals surface area (Å²) in [5, 5.41) is 2.58. The molecule has 0 rings (SSSR count). The minimum absolute atomic E-state index is 0.00285. The van der Waals surface area contributed by atoms with Crippen LogP contribution in [-0.4, -0.2) is 13.0 Å². The van der Waals surface area contributed by atoms with E-state index < -0.39 is 0 Å². The Morgan fingerprint density at radius 1 is 0.842 bits per heavy atom. The third-order valence-electron chi connectivity index (χ3n) is 3.49. The number of hydrogen-bond acceptors (Lipinski definition) is 1. The molecule has 19 heavy (non-hydrogen) atoms. The molecule has 0 saturated heterocycles. The fraction of sp³-hybridized carbons (Fsp3) is 0.824. The van der Waals surface area contributed by atoms with Crippen molar-refractivity contribution in [2.45, 2.75) is 84.0 Å². The van der Waals surface area contributed by atoms with Crippen molar-refractivity contribution in [1.29, 1.82) is 0 Å². The van der Waals surface area contributed by atoms with Gasteiger partial charge in [0, 0.05) is 7.05 Å². The van der Waals surface area contributed by atoms with E-state index in [9.17, 15) is 4.79 Å². The molecule has 0 atom stereocenters. The number of rotatable bonds is 13. The molecule has 0 bridgehead atoms. The van der Waals surface area contributed by atoms with Crippen molar-refractivity contribution in [2.75, 3.05) is 7.05 Å². The molecule has 0 aliphatic heterocycles. The van der Waals surface area contributed by atoms with Crippen molar-refractivity contribution in [2.24, 2.45) is 0 Å². The van der Waals surface area contributed by atoms with E-state index in [1.807, 2.05) is 6.08 Å². The van der Waals surface area contributed by atoms with Crippen molar-refractivity contribution >= 4 is 5.91 Å². The fourth-order valence-corrected chi connectivity index (χ4v) is 2.20. The Morgan fingerprint density at radius 2 is 1.32 bits per heavy atom. The zero-order valence-electron chi connectivity index (χ0n) is 13.0. The number of amides is 1. The van der Waals surface area contributed by atoms with Crippen molar-refractivity contribution in [1.82, 2.24) is 5.32 Å². The van der Waals surface area contributed by atoms with Gasteiger partial charge in [0.15, 0.2) is 0 Å². The van der Waals surface area contributed by atoms with E-state index in [0.29, 0.717) is 0 Å².